The molecule has 0 bridgehead atoms. The Balaban J connectivity index is 2.24. The summed E-state index contributed by atoms with van der Waals surface area (Å²) in [5.41, 5.74) is 3.11. The summed E-state index contributed by atoms with van der Waals surface area (Å²) in [6.45, 7) is 7.82. The molecule has 1 saturated heterocycles. The van der Waals surface area contributed by atoms with Crippen LogP contribution in [0.2, 0.25) is 0 Å². The van der Waals surface area contributed by atoms with Crippen molar-refractivity contribution in [1.82, 2.24) is 5.32 Å². The van der Waals surface area contributed by atoms with Gasteiger partial charge in [-0.2, -0.15) is 0 Å². The fraction of sp³-hybridized carbons (Fsp3) is 0.500. The van der Waals surface area contributed by atoms with Gasteiger partial charge in [0.1, 0.15) is 0 Å². The quantitative estimate of drug-likeness (QED) is 0.686. The summed E-state index contributed by atoms with van der Waals surface area (Å²) in [5, 5.41) is 3.38. The average molecular weight is 175 g/mol. The van der Waals surface area contributed by atoms with Gasteiger partial charge in [0.15, 0.2) is 0 Å². The van der Waals surface area contributed by atoms with Gasteiger partial charge in [0, 0.05) is 6.54 Å². The van der Waals surface area contributed by atoms with Crippen LogP contribution in [0, 0.1) is 0 Å². The first kappa shape index (κ1) is 8.76. The van der Waals surface area contributed by atoms with Crippen molar-refractivity contribution in [2.75, 3.05) is 6.54 Å². The third-order valence-corrected chi connectivity index (χ3v) is 2.92. The van der Waals surface area contributed by atoms with E-state index in [0.29, 0.717) is 5.92 Å². The predicted molar refractivity (Wildman–Crippen MR) is 55.9 cm³/mol. The van der Waals surface area contributed by atoms with Crippen LogP contribution in [0.4, 0.5) is 0 Å². The molecule has 0 radical (unpaired) electrons. The number of hydrogen-bond donors (Lipinski definition) is 1. The molecule has 1 heteroatoms. The molecule has 0 saturated carbocycles. The second-order valence-corrected chi connectivity index (χ2v) is 4.46. The number of nitrogens with one attached hydrogen (secondary N) is 1. The van der Waals surface area contributed by atoms with E-state index in [2.05, 4.69) is 50.4 Å². The lowest BCUT2D eigenvalue weighted by Gasteiger charge is -2.10. The summed E-state index contributed by atoms with van der Waals surface area (Å²) >= 11 is 0. The first-order valence-electron chi connectivity index (χ1n) is 4.97. The maximum Gasteiger partial charge on any atom is 0.0533 e. The van der Waals surface area contributed by atoms with Crippen molar-refractivity contribution in [2.24, 2.45) is 0 Å². The first-order chi connectivity index (χ1) is 6.12. The molecule has 1 N–H and O–H groups in total. The number of rotatable bonds is 2. The summed E-state index contributed by atoms with van der Waals surface area (Å²) in [4.78, 5) is 0. The molecule has 1 aliphatic heterocycles. The minimum absolute atomic E-state index is 0.273. The molecule has 1 fully saturated rings. The van der Waals surface area contributed by atoms with Crippen molar-refractivity contribution in [3.05, 3.63) is 35.4 Å². The van der Waals surface area contributed by atoms with Crippen molar-refractivity contribution in [1.29, 1.82) is 0 Å². The number of benzene rings is 1. The van der Waals surface area contributed by atoms with Gasteiger partial charge in [-0.1, -0.05) is 38.1 Å². The van der Waals surface area contributed by atoms with E-state index in [4.69, 9.17) is 0 Å². The van der Waals surface area contributed by atoms with Crippen LogP contribution in [0.15, 0.2) is 24.3 Å². The molecule has 0 aromatic heterocycles. The van der Waals surface area contributed by atoms with Gasteiger partial charge in [0.2, 0.25) is 0 Å². The van der Waals surface area contributed by atoms with Gasteiger partial charge >= 0.3 is 0 Å². The molecular formula is C12H17N. The van der Waals surface area contributed by atoms with Crippen LogP contribution in [-0.2, 0) is 5.54 Å². The van der Waals surface area contributed by atoms with Gasteiger partial charge in [-0.3, -0.25) is 0 Å². The molecule has 0 spiro atoms. The van der Waals surface area contributed by atoms with Gasteiger partial charge in [-0.05, 0) is 24.0 Å². The zero-order valence-electron chi connectivity index (χ0n) is 8.59. The minimum Gasteiger partial charge on any atom is -0.304 e. The molecule has 0 amide bonds. The largest absolute Gasteiger partial charge is 0.304 e. The highest BCUT2D eigenvalue weighted by atomic mass is 15.1. The SMILES string of the molecule is CC(C)c1ccc(C2(C)CN2)cc1. The van der Waals surface area contributed by atoms with E-state index in [9.17, 15) is 0 Å². The molecule has 1 aromatic carbocycles. The van der Waals surface area contributed by atoms with Crippen molar-refractivity contribution in [2.45, 2.75) is 32.2 Å². The second-order valence-electron chi connectivity index (χ2n) is 4.46. The third-order valence-electron chi connectivity index (χ3n) is 2.92. The molecular weight excluding hydrogens is 158 g/mol. The van der Waals surface area contributed by atoms with Crippen LogP contribution in [0.1, 0.15) is 37.8 Å². The molecule has 2 rings (SSSR count). The maximum absolute atomic E-state index is 3.38. The van der Waals surface area contributed by atoms with Crippen molar-refractivity contribution >= 4 is 0 Å². The van der Waals surface area contributed by atoms with Crippen LogP contribution >= 0.6 is 0 Å². The molecule has 1 aliphatic rings. The lowest BCUT2D eigenvalue weighted by Crippen LogP contribution is -2.06. The summed E-state index contributed by atoms with van der Waals surface area (Å²) < 4.78 is 0. The lowest BCUT2D eigenvalue weighted by molar-refractivity contribution is 0.760. The summed E-state index contributed by atoms with van der Waals surface area (Å²) in [7, 11) is 0. The van der Waals surface area contributed by atoms with Gasteiger partial charge < -0.3 is 5.32 Å². The predicted octanol–water partition coefficient (Wildman–Crippen LogP) is 2.63. The Kier molecular flexibility index (Phi) is 1.92. The van der Waals surface area contributed by atoms with Crippen molar-refractivity contribution < 1.29 is 0 Å². The standard InChI is InChI=1S/C12H17N/c1-9(2)10-4-6-11(7-5-10)12(3)8-13-12/h4-7,9,13H,8H2,1-3H3. The van der Waals surface area contributed by atoms with Crippen molar-refractivity contribution in [3.8, 4) is 0 Å². The van der Waals surface area contributed by atoms with E-state index in [1.165, 1.54) is 11.1 Å². The van der Waals surface area contributed by atoms with Crippen LogP contribution in [0.3, 0.4) is 0 Å². The summed E-state index contributed by atoms with van der Waals surface area (Å²) in [6, 6.07) is 8.97. The van der Waals surface area contributed by atoms with Crippen LogP contribution in [0.5, 0.6) is 0 Å². The van der Waals surface area contributed by atoms with Gasteiger partial charge in [-0.25, -0.2) is 0 Å². The Morgan fingerprint density at radius 3 is 2.15 bits per heavy atom. The Morgan fingerprint density at radius 2 is 1.77 bits per heavy atom. The van der Waals surface area contributed by atoms with Gasteiger partial charge in [0.25, 0.3) is 0 Å². The van der Waals surface area contributed by atoms with Crippen LogP contribution in [-0.4, -0.2) is 6.54 Å². The average Bonchev–Trinajstić information content (AvgIpc) is 2.85. The zero-order chi connectivity index (χ0) is 9.47. The minimum atomic E-state index is 0.273. The van der Waals surface area contributed by atoms with E-state index in [-0.39, 0.29) is 5.54 Å². The molecule has 1 nitrogen and oxygen atoms in total. The monoisotopic (exact) mass is 175 g/mol. The smallest absolute Gasteiger partial charge is 0.0533 e. The second kappa shape index (κ2) is 2.85. The van der Waals surface area contributed by atoms with Gasteiger partial charge in [0.05, 0.1) is 5.54 Å². The van der Waals surface area contributed by atoms with E-state index in [0.717, 1.165) is 6.54 Å². The first-order valence-corrected chi connectivity index (χ1v) is 4.97. The maximum atomic E-state index is 3.38. The summed E-state index contributed by atoms with van der Waals surface area (Å²) in [5.74, 6) is 0.633. The van der Waals surface area contributed by atoms with E-state index < -0.39 is 0 Å². The highest BCUT2D eigenvalue weighted by Gasteiger charge is 2.37. The Hall–Kier alpha value is -0.820. The number of hydrogen-bond acceptors (Lipinski definition) is 1. The Labute approximate surface area is 80.2 Å². The molecule has 70 valence electrons. The fourth-order valence-corrected chi connectivity index (χ4v) is 1.57. The molecule has 1 heterocycles. The lowest BCUT2D eigenvalue weighted by atomic mass is 9.96. The van der Waals surface area contributed by atoms with Crippen LogP contribution < -0.4 is 5.32 Å². The zero-order valence-corrected chi connectivity index (χ0v) is 8.59. The fourth-order valence-electron chi connectivity index (χ4n) is 1.57. The summed E-state index contributed by atoms with van der Waals surface area (Å²) in [6.07, 6.45) is 0. The van der Waals surface area contributed by atoms with Crippen molar-refractivity contribution in [3.63, 3.8) is 0 Å². The van der Waals surface area contributed by atoms with Gasteiger partial charge in [-0.15, -0.1) is 0 Å². The highest BCUT2D eigenvalue weighted by molar-refractivity contribution is 5.33. The topological polar surface area (TPSA) is 21.9 Å². The van der Waals surface area contributed by atoms with E-state index >= 15 is 0 Å². The van der Waals surface area contributed by atoms with E-state index in [1.54, 1.807) is 0 Å². The molecule has 13 heavy (non-hydrogen) atoms. The Bertz CT molecular complexity index is 293. The Morgan fingerprint density at radius 1 is 1.23 bits per heavy atom. The third kappa shape index (κ3) is 1.61. The van der Waals surface area contributed by atoms with E-state index in [1.807, 2.05) is 0 Å². The van der Waals surface area contributed by atoms with Crippen LogP contribution in [0.25, 0.3) is 0 Å². The molecule has 1 aromatic rings. The molecule has 0 aliphatic carbocycles. The molecule has 1 atom stereocenters. The highest BCUT2D eigenvalue weighted by Crippen LogP contribution is 2.30. The normalized spacial score (nSPS) is 26.5. The molecule has 1 unspecified atom stereocenters.